The van der Waals surface area contributed by atoms with Crippen molar-refractivity contribution in [1.82, 2.24) is 0 Å². The molecule has 0 atom stereocenters. The fourth-order valence-electron chi connectivity index (χ4n) is 0. The van der Waals surface area contributed by atoms with Crippen molar-refractivity contribution in [2.24, 2.45) is 0 Å². The SMILES string of the molecule is OB(O)O.[Ca+2].[H-].[H-].[H-].[H-].[Mg+2]. The van der Waals surface area contributed by atoms with Crippen LogP contribution in [0.2, 0.25) is 0 Å². The van der Waals surface area contributed by atoms with Crippen LogP contribution in [0.5, 0.6) is 0 Å². The molecule has 0 saturated carbocycles. The molecule has 0 bridgehead atoms. The summed E-state index contributed by atoms with van der Waals surface area (Å²) in [6.07, 6.45) is 0. The van der Waals surface area contributed by atoms with Crippen molar-refractivity contribution in [3.63, 3.8) is 0 Å². The molecule has 3 N–H and O–H groups in total. The van der Waals surface area contributed by atoms with Gasteiger partial charge in [-0.3, -0.25) is 0 Å². The maximum absolute atomic E-state index is 7.17. The zero-order valence-electron chi connectivity index (χ0n) is 7.33. The summed E-state index contributed by atoms with van der Waals surface area (Å²) in [7, 11) is -2.17. The van der Waals surface area contributed by atoms with E-state index in [9.17, 15) is 0 Å². The van der Waals surface area contributed by atoms with Crippen LogP contribution in [-0.2, 0) is 0 Å². The summed E-state index contributed by atoms with van der Waals surface area (Å²) >= 11 is 0. The van der Waals surface area contributed by atoms with Crippen molar-refractivity contribution >= 4 is 68.1 Å². The molecule has 0 rings (SSSR count). The number of hydrogen-bond acceptors (Lipinski definition) is 3. The van der Waals surface area contributed by atoms with Gasteiger partial charge in [0.1, 0.15) is 0 Å². The summed E-state index contributed by atoms with van der Waals surface area (Å²) in [5.74, 6) is 0. The predicted octanol–water partition coefficient (Wildman–Crippen LogP) is -2.36. The second-order valence-corrected chi connectivity index (χ2v) is 0.346. The third-order valence-electron chi connectivity index (χ3n) is 0. The average Bonchev–Trinajstić information content (AvgIpc) is 0.811. The van der Waals surface area contributed by atoms with Crippen molar-refractivity contribution in [2.75, 3.05) is 0 Å². The molecule has 0 aromatic rings. The first kappa shape index (κ1) is 15.7. The quantitative estimate of drug-likeness (QED) is 0.321. The molecular formula is H7BCaMgO3. The van der Waals surface area contributed by atoms with Crippen LogP contribution >= 0.6 is 0 Å². The van der Waals surface area contributed by atoms with E-state index in [1.54, 1.807) is 0 Å². The van der Waals surface area contributed by atoms with Crippen molar-refractivity contribution in [3.05, 3.63) is 0 Å². The Bertz CT molecular complexity index is 25.2. The summed E-state index contributed by atoms with van der Waals surface area (Å²) < 4.78 is 0. The van der Waals surface area contributed by atoms with E-state index >= 15 is 0 Å². The molecule has 0 amide bonds. The van der Waals surface area contributed by atoms with E-state index in [1.807, 2.05) is 0 Å². The first-order chi connectivity index (χ1) is 1.73. The fourth-order valence-corrected chi connectivity index (χ4v) is 0. The Kier molecular flexibility index (Phi) is 26.3. The minimum atomic E-state index is -2.17. The van der Waals surface area contributed by atoms with Crippen LogP contribution in [-0.4, -0.2) is 83.2 Å². The van der Waals surface area contributed by atoms with Crippen molar-refractivity contribution in [2.45, 2.75) is 0 Å². The zero-order chi connectivity index (χ0) is 3.58. The average molecular weight is 130 g/mol. The Labute approximate surface area is 88.0 Å². The van der Waals surface area contributed by atoms with Crippen molar-refractivity contribution in [3.8, 4) is 0 Å². The first-order valence-electron chi connectivity index (χ1n) is 0.775. The van der Waals surface area contributed by atoms with Crippen LogP contribution in [0.25, 0.3) is 0 Å². The molecule has 0 aliphatic carbocycles. The van der Waals surface area contributed by atoms with E-state index in [0.29, 0.717) is 0 Å². The standard InChI is InChI=1S/BH3O3.Ca.Mg.4H/c2-1(3)4;;;;;;/h2-4H;;;;;;/q;2*+2;4*-1. The molecule has 0 unspecified atom stereocenters. The summed E-state index contributed by atoms with van der Waals surface area (Å²) in [6, 6.07) is 0. The second kappa shape index (κ2) is 10.1. The van der Waals surface area contributed by atoms with Crippen molar-refractivity contribution in [1.29, 1.82) is 0 Å². The van der Waals surface area contributed by atoms with Gasteiger partial charge in [0.15, 0.2) is 0 Å². The molecule has 0 radical (unpaired) electrons. The molecule has 6 heteroatoms. The summed E-state index contributed by atoms with van der Waals surface area (Å²) in [5.41, 5.74) is 0. The minimum absolute atomic E-state index is 0. The van der Waals surface area contributed by atoms with Gasteiger partial charge in [0.05, 0.1) is 0 Å². The molecule has 0 saturated heterocycles. The largest absolute Gasteiger partial charge is 2.00 e. The van der Waals surface area contributed by atoms with Gasteiger partial charge in [0.25, 0.3) is 0 Å². The zero-order valence-corrected chi connectivity index (χ0v) is 6.96. The van der Waals surface area contributed by atoms with Gasteiger partial charge >= 0.3 is 68.1 Å². The third-order valence-corrected chi connectivity index (χ3v) is 0. The molecule has 0 heterocycles. The molecular weight excluding hydrogens is 123 g/mol. The third kappa shape index (κ3) is 38.0. The van der Waals surface area contributed by atoms with Crippen LogP contribution in [0.4, 0.5) is 0 Å². The monoisotopic (exact) mass is 130 g/mol. The maximum Gasteiger partial charge on any atom is 2.00 e. The molecule has 0 spiro atoms. The Hall–Kier alpha value is 1.97. The Morgan fingerprint density at radius 3 is 1.17 bits per heavy atom. The van der Waals surface area contributed by atoms with Crippen LogP contribution in [0.1, 0.15) is 5.71 Å². The molecule has 0 aromatic carbocycles. The molecule has 0 aliphatic heterocycles. The van der Waals surface area contributed by atoms with Crippen LogP contribution in [0.15, 0.2) is 0 Å². The topological polar surface area (TPSA) is 60.7 Å². The van der Waals surface area contributed by atoms with Gasteiger partial charge < -0.3 is 20.8 Å². The molecule has 0 fully saturated rings. The van der Waals surface area contributed by atoms with Crippen molar-refractivity contribution < 1.29 is 20.8 Å². The van der Waals surface area contributed by atoms with Gasteiger partial charge in [-0.25, -0.2) is 0 Å². The minimum Gasteiger partial charge on any atom is -1.00 e. The summed E-state index contributed by atoms with van der Waals surface area (Å²) in [4.78, 5) is 0. The predicted molar refractivity (Wildman–Crippen MR) is 28.4 cm³/mol. The van der Waals surface area contributed by atoms with Crippen LogP contribution < -0.4 is 0 Å². The van der Waals surface area contributed by atoms with E-state index in [4.69, 9.17) is 15.1 Å². The first-order valence-corrected chi connectivity index (χ1v) is 0.775. The van der Waals surface area contributed by atoms with Gasteiger partial charge in [-0.15, -0.1) is 0 Å². The molecule has 6 heavy (non-hydrogen) atoms. The van der Waals surface area contributed by atoms with Gasteiger partial charge in [0, 0.05) is 0 Å². The second-order valence-electron chi connectivity index (χ2n) is 0.346. The van der Waals surface area contributed by atoms with E-state index in [1.165, 1.54) is 0 Å². The van der Waals surface area contributed by atoms with Crippen LogP contribution in [0, 0.1) is 0 Å². The molecule has 32 valence electrons. The van der Waals surface area contributed by atoms with E-state index in [0.717, 1.165) is 0 Å². The van der Waals surface area contributed by atoms with E-state index in [2.05, 4.69) is 0 Å². The van der Waals surface area contributed by atoms with E-state index in [-0.39, 0.29) is 66.5 Å². The summed E-state index contributed by atoms with van der Waals surface area (Å²) in [5, 5.41) is 21.5. The van der Waals surface area contributed by atoms with Crippen LogP contribution in [0.3, 0.4) is 0 Å². The fraction of sp³-hybridized carbons (Fsp3) is 0. The molecule has 0 aromatic heterocycles. The van der Waals surface area contributed by atoms with E-state index < -0.39 is 7.32 Å². The van der Waals surface area contributed by atoms with Gasteiger partial charge in [-0.05, 0) is 0 Å². The Morgan fingerprint density at radius 2 is 1.17 bits per heavy atom. The van der Waals surface area contributed by atoms with Gasteiger partial charge in [-0.2, -0.15) is 0 Å². The normalized spacial score (nSPS) is 4.50. The van der Waals surface area contributed by atoms with Gasteiger partial charge in [-0.1, -0.05) is 0 Å². The smallest absolute Gasteiger partial charge is 1.00 e. The molecule has 3 nitrogen and oxygen atoms in total. The summed E-state index contributed by atoms with van der Waals surface area (Å²) in [6.45, 7) is 0. The van der Waals surface area contributed by atoms with Gasteiger partial charge in [0.2, 0.25) is 0 Å². The maximum atomic E-state index is 7.17. The number of rotatable bonds is 0. The Balaban J connectivity index is -0.00000000300. The number of hydrogen-bond donors (Lipinski definition) is 3. The molecule has 0 aliphatic rings. The Morgan fingerprint density at radius 1 is 1.17 bits per heavy atom.